The number of amides is 2. The highest BCUT2D eigenvalue weighted by molar-refractivity contribution is 7.18. The number of ether oxygens (including phenoxy) is 1. The molecular formula is C23H23N3O3S. The van der Waals surface area contributed by atoms with Crippen LogP contribution in [-0.4, -0.2) is 47.9 Å². The Hall–Kier alpha value is -2.93. The minimum Gasteiger partial charge on any atom is -0.491 e. The van der Waals surface area contributed by atoms with Gasteiger partial charge in [-0.3, -0.25) is 14.5 Å². The lowest BCUT2D eigenvalue weighted by Gasteiger charge is -2.33. The zero-order chi connectivity index (χ0) is 20.5. The first-order valence-electron chi connectivity index (χ1n) is 10.3. The molecule has 30 heavy (non-hydrogen) atoms. The Morgan fingerprint density at radius 2 is 1.87 bits per heavy atom. The monoisotopic (exact) mass is 421 g/mol. The number of carbonyl (C=O) groups is 2. The summed E-state index contributed by atoms with van der Waals surface area (Å²) in [5, 5.41) is 1.16. The molecule has 3 aromatic rings. The largest absolute Gasteiger partial charge is 0.491 e. The fourth-order valence-electron chi connectivity index (χ4n) is 4.17. The molecule has 2 aliphatic rings. The highest BCUT2D eigenvalue weighted by Gasteiger charge is 2.30. The molecule has 1 saturated heterocycles. The molecular weight excluding hydrogens is 398 g/mol. The van der Waals surface area contributed by atoms with Crippen LogP contribution in [0.15, 0.2) is 48.5 Å². The van der Waals surface area contributed by atoms with Gasteiger partial charge >= 0.3 is 0 Å². The van der Waals surface area contributed by atoms with E-state index in [9.17, 15) is 9.59 Å². The number of hydrogen-bond acceptors (Lipinski definition) is 5. The van der Waals surface area contributed by atoms with Gasteiger partial charge in [0, 0.05) is 19.0 Å². The van der Waals surface area contributed by atoms with Crippen molar-refractivity contribution in [3.05, 3.63) is 53.5 Å². The molecule has 2 aromatic carbocycles. The number of rotatable bonds is 3. The van der Waals surface area contributed by atoms with E-state index in [1.807, 2.05) is 47.4 Å². The predicted octanol–water partition coefficient (Wildman–Crippen LogP) is 3.82. The van der Waals surface area contributed by atoms with Crippen molar-refractivity contribution >= 4 is 39.1 Å². The van der Waals surface area contributed by atoms with Crippen LogP contribution in [0.3, 0.4) is 0 Å². The van der Waals surface area contributed by atoms with Gasteiger partial charge in [-0.2, -0.15) is 0 Å². The number of thiazole rings is 1. The van der Waals surface area contributed by atoms with E-state index in [2.05, 4.69) is 6.07 Å². The molecule has 3 heterocycles. The second-order valence-corrected chi connectivity index (χ2v) is 8.78. The highest BCUT2D eigenvalue weighted by atomic mass is 32.1. The van der Waals surface area contributed by atoms with Gasteiger partial charge in [0.1, 0.15) is 12.3 Å². The average Bonchev–Trinajstić information content (AvgIpc) is 3.15. The average molecular weight is 422 g/mol. The van der Waals surface area contributed by atoms with E-state index in [0.717, 1.165) is 23.4 Å². The molecule has 2 amide bonds. The molecule has 0 saturated carbocycles. The molecule has 1 fully saturated rings. The lowest BCUT2D eigenvalue weighted by atomic mass is 9.97. The lowest BCUT2D eigenvalue weighted by molar-refractivity contribution is -0.132. The number of anilines is 1. The van der Waals surface area contributed by atoms with E-state index in [-0.39, 0.29) is 24.8 Å². The summed E-state index contributed by atoms with van der Waals surface area (Å²) in [5.74, 6) is 0.964. The molecule has 0 bridgehead atoms. The van der Waals surface area contributed by atoms with E-state index < -0.39 is 0 Å². The van der Waals surface area contributed by atoms with Gasteiger partial charge in [0.2, 0.25) is 11.8 Å². The number of para-hydroxylation sites is 3. The van der Waals surface area contributed by atoms with Crippen LogP contribution in [0.5, 0.6) is 5.75 Å². The number of piperidine rings is 1. The maximum Gasteiger partial charge on any atom is 0.242 e. The number of carbonyl (C=O) groups excluding carboxylic acids is 2. The van der Waals surface area contributed by atoms with Crippen molar-refractivity contribution in [2.75, 3.05) is 31.1 Å². The van der Waals surface area contributed by atoms with Crippen LogP contribution in [0.4, 0.5) is 5.69 Å². The fourth-order valence-corrected chi connectivity index (χ4v) is 5.31. The summed E-state index contributed by atoms with van der Waals surface area (Å²) in [6, 6.07) is 15.6. The summed E-state index contributed by atoms with van der Waals surface area (Å²) in [6.07, 6.45) is 2.08. The number of benzene rings is 2. The zero-order valence-electron chi connectivity index (χ0n) is 16.6. The molecule has 0 aliphatic carbocycles. The molecule has 7 heteroatoms. The van der Waals surface area contributed by atoms with Gasteiger partial charge in [-0.05, 0) is 37.1 Å². The van der Waals surface area contributed by atoms with E-state index in [4.69, 9.17) is 9.72 Å². The Balaban J connectivity index is 1.25. The second-order valence-electron chi connectivity index (χ2n) is 7.72. The summed E-state index contributed by atoms with van der Waals surface area (Å²) in [7, 11) is 0. The first-order chi connectivity index (χ1) is 14.7. The van der Waals surface area contributed by atoms with Gasteiger partial charge in [0.05, 0.1) is 33.9 Å². The van der Waals surface area contributed by atoms with Crippen molar-refractivity contribution in [2.45, 2.75) is 25.2 Å². The van der Waals surface area contributed by atoms with E-state index in [0.29, 0.717) is 37.1 Å². The maximum atomic E-state index is 13.0. The van der Waals surface area contributed by atoms with E-state index >= 15 is 0 Å². The number of likely N-dealkylation sites (tertiary alicyclic amines) is 1. The van der Waals surface area contributed by atoms with Crippen LogP contribution in [0.25, 0.3) is 10.2 Å². The van der Waals surface area contributed by atoms with Crippen LogP contribution in [0.1, 0.15) is 30.2 Å². The lowest BCUT2D eigenvalue weighted by Crippen LogP contribution is -2.45. The van der Waals surface area contributed by atoms with Crippen LogP contribution in [0.2, 0.25) is 0 Å². The van der Waals surface area contributed by atoms with Gasteiger partial charge in [-0.25, -0.2) is 4.98 Å². The quantitative estimate of drug-likeness (QED) is 0.645. The smallest absolute Gasteiger partial charge is 0.242 e. The molecule has 0 spiro atoms. The van der Waals surface area contributed by atoms with Crippen LogP contribution in [-0.2, 0) is 9.59 Å². The van der Waals surface area contributed by atoms with Gasteiger partial charge in [-0.15, -0.1) is 11.3 Å². The van der Waals surface area contributed by atoms with Gasteiger partial charge < -0.3 is 9.64 Å². The topological polar surface area (TPSA) is 62.7 Å². The Labute approximate surface area is 179 Å². The Morgan fingerprint density at radius 3 is 2.70 bits per heavy atom. The van der Waals surface area contributed by atoms with E-state index in [1.54, 1.807) is 16.2 Å². The van der Waals surface area contributed by atoms with Crippen LogP contribution >= 0.6 is 11.3 Å². The number of fused-ring (bicyclic) bond motifs is 2. The third-order valence-corrected chi connectivity index (χ3v) is 7.03. The first-order valence-corrected chi connectivity index (χ1v) is 11.2. The molecule has 0 atom stereocenters. The minimum absolute atomic E-state index is 0.0113. The number of nitrogens with zero attached hydrogens (tertiary/aromatic N) is 3. The standard InChI is InChI=1S/C23H23N3O3S/c27-21-11-14-29-19-7-3-2-6-18(19)26(21)15-22(28)25-12-9-16(10-13-25)23-24-17-5-1-4-8-20(17)30-23/h1-8,16H,9-15H2. The predicted molar refractivity (Wildman–Crippen MR) is 117 cm³/mol. The van der Waals surface area contributed by atoms with Gasteiger partial charge in [-0.1, -0.05) is 24.3 Å². The summed E-state index contributed by atoms with van der Waals surface area (Å²) in [6.45, 7) is 1.79. The molecule has 2 aliphatic heterocycles. The van der Waals surface area contributed by atoms with Crippen molar-refractivity contribution in [2.24, 2.45) is 0 Å². The summed E-state index contributed by atoms with van der Waals surface area (Å²) >= 11 is 1.76. The van der Waals surface area contributed by atoms with Crippen molar-refractivity contribution in [1.82, 2.24) is 9.88 Å². The third-order valence-electron chi connectivity index (χ3n) is 5.83. The van der Waals surface area contributed by atoms with Crippen LogP contribution < -0.4 is 9.64 Å². The molecule has 6 nitrogen and oxygen atoms in total. The van der Waals surface area contributed by atoms with Gasteiger partial charge in [0.15, 0.2) is 0 Å². The third kappa shape index (κ3) is 3.65. The van der Waals surface area contributed by atoms with E-state index in [1.165, 1.54) is 4.70 Å². The van der Waals surface area contributed by atoms with Crippen LogP contribution in [0, 0.1) is 0 Å². The molecule has 5 rings (SSSR count). The van der Waals surface area contributed by atoms with Crippen molar-refractivity contribution in [3.63, 3.8) is 0 Å². The number of aromatic nitrogens is 1. The van der Waals surface area contributed by atoms with Crippen molar-refractivity contribution < 1.29 is 14.3 Å². The van der Waals surface area contributed by atoms with Gasteiger partial charge in [0.25, 0.3) is 0 Å². The second kappa shape index (κ2) is 8.07. The number of hydrogen-bond donors (Lipinski definition) is 0. The zero-order valence-corrected chi connectivity index (χ0v) is 17.4. The Bertz CT molecular complexity index is 1050. The summed E-state index contributed by atoms with van der Waals surface area (Å²) in [4.78, 5) is 33.8. The summed E-state index contributed by atoms with van der Waals surface area (Å²) in [5.41, 5.74) is 1.73. The normalized spacial score (nSPS) is 17.5. The first kappa shape index (κ1) is 19.1. The minimum atomic E-state index is -0.0716. The Morgan fingerprint density at radius 1 is 1.10 bits per heavy atom. The Kier molecular flexibility index (Phi) is 5.12. The summed E-state index contributed by atoms with van der Waals surface area (Å²) < 4.78 is 6.89. The molecule has 1 aromatic heterocycles. The molecule has 0 unspecified atom stereocenters. The van der Waals surface area contributed by atoms with Crippen molar-refractivity contribution in [1.29, 1.82) is 0 Å². The fraction of sp³-hybridized carbons (Fsp3) is 0.348. The van der Waals surface area contributed by atoms with Crippen molar-refractivity contribution in [3.8, 4) is 5.75 Å². The molecule has 154 valence electrons. The maximum absolute atomic E-state index is 13.0. The SMILES string of the molecule is O=C(CN1C(=O)CCOc2ccccc21)N1CCC(c2nc3ccccc3s2)CC1. The highest BCUT2D eigenvalue weighted by Crippen LogP contribution is 2.34. The molecule has 0 radical (unpaired) electrons. The molecule has 0 N–H and O–H groups in total.